The first-order valence-electron chi connectivity index (χ1n) is 4.09. The van der Waals surface area contributed by atoms with Gasteiger partial charge in [0.2, 0.25) is 0 Å². The number of nitrogens with one attached hydrogen (secondary N) is 1. The predicted octanol–water partition coefficient (Wildman–Crippen LogP) is 1.67. The number of hydrazine groups is 1. The smallest absolute Gasteiger partial charge is 0.267 e. The molecular formula is C9H10Cl2N2O2. The van der Waals surface area contributed by atoms with Crippen LogP contribution in [-0.2, 0) is 9.53 Å². The fourth-order valence-electron chi connectivity index (χ4n) is 1.17. The van der Waals surface area contributed by atoms with Crippen molar-refractivity contribution in [1.29, 1.82) is 0 Å². The van der Waals surface area contributed by atoms with Gasteiger partial charge in [-0.2, -0.15) is 0 Å². The normalized spacial score (nSPS) is 12.3. The molecule has 15 heavy (non-hydrogen) atoms. The van der Waals surface area contributed by atoms with Crippen LogP contribution in [-0.4, -0.2) is 13.0 Å². The van der Waals surface area contributed by atoms with E-state index in [2.05, 4.69) is 0 Å². The Morgan fingerprint density at radius 1 is 1.53 bits per heavy atom. The number of hydrogen-bond acceptors (Lipinski definition) is 3. The second-order valence-corrected chi connectivity index (χ2v) is 3.55. The number of rotatable bonds is 3. The summed E-state index contributed by atoms with van der Waals surface area (Å²) in [5.41, 5.74) is 2.48. The highest BCUT2D eigenvalue weighted by Crippen LogP contribution is 2.31. The van der Waals surface area contributed by atoms with Gasteiger partial charge < -0.3 is 4.74 Å². The van der Waals surface area contributed by atoms with Gasteiger partial charge in [-0.15, -0.1) is 0 Å². The highest BCUT2D eigenvalue weighted by Gasteiger charge is 2.22. The van der Waals surface area contributed by atoms with Gasteiger partial charge >= 0.3 is 0 Å². The monoisotopic (exact) mass is 248 g/mol. The highest BCUT2D eigenvalue weighted by molar-refractivity contribution is 6.42. The minimum absolute atomic E-state index is 0.287. The molecule has 0 saturated heterocycles. The maximum Gasteiger partial charge on any atom is 0.267 e. The fraction of sp³-hybridized carbons (Fsp3) is 0.222. The standard InChI is InChI=1S/C9H10Cl2N2O2/c1-15-8(9(14)13-12)5-3-2-4-6(10)7(5)11/h2-4,8H,12H2,1H3,(H,13,14). The number of amides is 1. The Labute approximate surface area is 97.3 Å². The van der Waals surface area contributed by atoms with Crippen LogP contribution in [0, 0.1) is 0 Å². The third-order valence-electron chi connectivity index (χ3n) is 1.88. The molecule has 0 aliphatic carbocycles. The number of ether oxygens (including phenoxy) is 1. The zero-order chi connectivity index (χ0) is 11.4. The van der Waals surface area contributed by atoms with E-state index in [9.17, 15) is 4.79 Å². The van der Waals surface area contributed by atoms with Crippen molar-refractivity contribution in [2.24, 2.45) is 5.84 Å². The molecule has 0 saturated carbocycles. The molecule has 0 radical (unpaired) electrons. The zero-order valence-corrected chi connectivity index (χ0v) is 9.47. The van der Waals surface area contributed by atoms with Gasteiger partial charge in [0.1, 0.15) is 0 Å². The predicted molar refractivity (Wildman–Crippen MR) is 58.5 cm³/mol. The van der Waals surface area contributed by atoms with Gasteiger partial charge in [0.25, 0.3) is 5.91 Å². The van der Waals surface area contributed by atoms with E-state index in [4.69, 9.17) is 33.8 Å². The summed E-state index contributed by atoms with van der Waals surface area (Å²) in [7, 11) is 1.39. The maximum atomic E-state index is 11.3. The van der Waals surface area contributed by atoms with Crippen LogP contribution in [0.3, 0.4) is 0 Å². The summed E-state index contributed by atoms with van der Waals surface area (Å²) in [5, 5.41) is 0.649. The van der Waals surface area contributed by atoms with Gasteiger partial charge in [0.05, 0.1) is 10.0 Å². The van der Waals surface area contributed by atoms with E-state index >= 15 is 0 Å². The SMILES string of the molecule is COC(C(=O)NN)c1cccc(Cl)c1Cl. The molecule has 82 valence electrons. The molecule has 3 N–H and O–H groups in total. The number of carbonyl (C=O) groups excluding carboxylic acids is 1. The van der Waals surface area contributed by atoms with Crippen molar-refractivity contribution in [1.82, 2.24) is 5.43 Å². The molecule has 0 aromatic heterocycles. The van der Waals surface area contributed by atoms with Crippen LogP contribution in [0.25, 0.3) is 0 Å². The molecule has 0 heterocycles. The lowest BCUT2D eigenvalue weighted by atomic mass is 10.1. The van der Waals surface area contributed by atoms with Gasteiger partial charge in [0.15, 0.2) is 6.10 Å². The summed E-state index contributed by atoms with van der Waals surface area (Å²) in [6.45, 7) is 0. The minimum atomic E-state index is -0.860. The molecular weight excluding hydrogens is 239 g/mol. The minimum Gasteiger partial charge on any atom is -0.367 e. The Kier molecular flexibility index (Phi) is 4.35. The quantitative estimate of drug-likeness (QED) is 0.486. The van der Waals surface area contributed by atoms with Crippen molar-refractivity contribution in [2.45, 2.75) is 6.10 Å². The molecule has 0 aliphatic rings. The van der Waals surface area contributed by atoms with Crippen molar-refractivity contribution in [3.05, 3.63) is 33.8 Å². The molecule has 1 atom stereocenters. The second kappa shape index (κ2) is 5.32. The van der Waals surface area contributed by atoms with Crippen molar-refractivity contribution in [3.8, 4) is 0 Å². The summed E-state index contributed by atoms with van der Waals surface area (Å²) in [4.78, 5) is 11.3. The maximum absolute atomic E-state index is 11.3. The number of halogens is 2. The summed E-state index contributed by atoms with van der Waals surface area (Å²) < 4.78 is 4.99. The van der Waals surface area contributed by atoms with Gasteiger partial charge in [0, 0.05) is 12.7 Å². The first kappa shape index (κ1) is 12.3. The molecule has 0 aliphatic heterocycles. The van der Waals surface area contributed by atoms with E-state index in [0.29, 0.717) is 10.6 Å². The van der Waals surface area contributed by atoms with E-state index in [1.54, 1.807) is 18.2 Å². The molecule has 1 unspecified atom stereocenters. The number of nitrogens with two attached hydrogens (primary N) is 1. The number of benzene rings is 1. The van der Waals surface area contributed by atoms with E-state index < -0.39 is 12.0 Å². The van der Waals surface area contributed by atoms with E-state index in [1.807, 2.05) is 5.43 Å². The Balaban J connectivity index is 3.12. The Bertz CT molecular complexity index is 371. The Morgan fingerprint density at radius 3 is 2.73 bits per heavy atom. The van der Waals surface area contributed by atoms with Gasteiger partial charge in [-0.3, -0.25) is 10.2 Å². The lowest BCUT2D eigenvalue weighted by molar-refractivity contribution is -0.131. The van der Waals surface area contributed by atoms with Crippen LogP contribution in [0.5, 0.6) is 0 Å². The first-order valence-corrected chi connectivity index (χ1v) is 4.84. The average Bonchev–Trinajstić information content (AvgIpc) is 2.24. The van der Waals surface area contributed by atoms with Crippen molar-refractivity contribution in [3.63, 3.8) is 0 Å². The van der Waals surface area contributed by atoms with Crippen LogP contribution in [0.1, 0.15) is 11.7 Å². The van der Waals surface area contributed by atoms with Crippen LogP contribution < -0.4 is 11.3 Å². The van der Waals surface area contributed by atoms with E-state index in [-0.39, 0.29) is 5.02 Å². The number of carbonyl (C=O) groups is 1. The van der Waals surface area contributed by atoms with E-state index in [1.165, 1.54) is 7.11 Å². The Morgan fingerprint density at radius 2 is 2.20 bits per heavy atom. The molecule has 1 aromatic rings. The van der Waals surface area contributed by atoms with Crippen molar-refractivity contribution < 1.29 is 9.53 Å². The van der Waals surface area contributed by atoms with E-state index in [0.717, 1.165) is 0 Å². The van der Waals surface area contributed by atoms with Gasteiger partial charge in [-0.05, 0) is 6.07 Å². The molecule has 4 nitrogen and oxygen atoms in total. The third-order valence-corrected chi connectivity index (χ3v) is 2.71. The number of methoxy groups -OCH3 is 1. The van der Waals surface area contributed by atoms with Gasteiger partial charge in [-0.25, -0.2) is 5.84 Å². The molecule has 0 spiro atoms. The lowest BCUT2D eigenvalue weighted by Crippen LogP contribution is -2.35. The zero-order valence-electron chi connectivity index (χ0n) is 7.96. The number of hydrogen-bond donors (Lipinski definition) is 2. The highest BCUT2D eigenvalue weighted by atomic mass is 35.5. The molecule has 0 fully saturated rings. The lowest BCUT2D eigenvalue weighted by Gasteiger charge is -2.15. The van der Waals surface area contributed by atoms with Crippen LogP contribution in [0.4, 0.5) is 0 Å². The second-order valence-electron chi connectivity index (χ2n) is 2.77. The first-order chi connectivity index (χ1) is 7.11. The molecule has 1 aromatic carbocycles. The molecule has 6 heteroatoms. The largest absolute Gasteiger partial charge is 0.367 e. The Hall–Kier alpha value is -0.810. The fourth-order valence-corrected chi connectivity index (χ4v) is 1.58. The molecule has 1 rings (SSSR count). The van der Waals surface area contributed by atoms with Crippen molar-refractivity contribution >= 4 is 29.1 Å². The summed E-state index contributed by atoms with van der Waals surface area (Å²) in [6, 6.07) is 4.96. The van der Waals surface area contributed by atoms with Gasteiger partial charge in [-0.1, -0.05) is 35.3 Å². The topological polar surface area (TPSA) is 64.3 Å². The summed E-state index contributed by atoms with van der Waals surface area (Å²) in [5.74, 6) is 4.53. The third kappa shape index (κ3) is 2.60. The molecule has 0 bridgehead atoms. The van der Waals surface area contributed by atoms with Crippen LogP contribution in [0.2, 0.25) is 10.0 Å². The summed E-state index contributed by atoms with van der Waals surface area (Å²) >= 11 is 11.7. The molecule has 1 amide bonds. The van der Waals surface area contributed by atoms with Crippen LogP contribution in [0.15, 0.2) is 18.2 Å². The van der Waals surface area contributed by atoms with Crippen LogP contribution >= 0.6 is 23.2 Å². The summed E-state index contributed by atoms with van der Waals surface area (Å²) in [6.07, 6.45) is -0.860. The van der Waals surface area contributed by atoms with Crippen molar-refractivity contribution in [2.75, 3.05) is 7.11 Å². The average molecular weight is 249 g/mol.